The average Bonchev–Trinajstić information content (AvgIpc) is 3.20. The first-order valence-corrected chi connectivity index (χ1v) is 8.07. The van der Waals surface area contributed by atoms with E-state index in [-0.39, 0.29) is 11.6 Å². The predicted molar refractivity (Wildman–Crippen MR) is 98.8 cm³/mol. The standard InChI is InChI=1S/C19H11ClN2O4/c20-12-3-7-15-16(19(23)21-17(15)9-12)10-14-6-8-18(26-14)11-1-4-13(5-2-11)22(24)25/h1-10H,(H,21,23)/b16-10+. The van der Waals surface area contributed by atoms with Gasteiger partial charge in [-0.1, -0.05) is 17.7 Å². The summed E-state index contributed by atoms with van der Waals surface area (Å²) in [7, 11) is 0. The van der Waals surface area contributed by atoms with E-state index < -0.39 is 4.92 Å². The summed E-state index contributed by atoms with van der Waals surface area (Å²) in [6, 6.07) is 14.8. The van der Waals surface area contributed by atoms with E-state index in [0.29, 0.717) is 33.4 Å². The van der Waals surface area contributed by atoms with E-state index in [1.807, 2.05) is 0 Å². The average molecular weight is 367 g/mol. The fraction of sp³-hybridized carbons (Fsp3) is 0. The Morgan fingerprint density at radius 2 is 1.85 bits per heavy atom. The number of nitro benzene ring substituents is 1. The minimum atomic E-state index is -0.454. The van der Waals surface area contributed by atoms with Gasteiger partial charge in [0.25, 0.3) is 11.6 Å². The molecule has 2 heterocycles. The Hall–Kier alpha value is -3.38. The van der Waals surface area contributed by atoms with Gasteiger partial charge in [0.15, 0.2) is 0 Å². The van der Waals surface area contributed by atoms with Crippen molar-refractivity contribution in [2.45, 2.75) is 0 Å². The molecule has 0 atom stereocenters. The molecule has 128 valence electrons. The summed E-state index contributed by atoms with van der Waals surface area (Å²) in [5, 5.41) is 14.0. The number of amides is 1. The van der Waals surface area contributed by atoms with Crippen molar-refractivity contribution >= 4 is 40.5 Å². The predicted octanol–water partition coefficient (Wildman–Crippen LogP) is 5.00. The molecule has 1 aromatic heterocycles. The number of non-ortho nitro benzene ring substituents is 1. The molecule has 26 heavy (non-hydrogen) atoms. The summed E-state index contributed by atoms with van der Waals surface area (Å²) in [5.74, 6) is 0.836. The van der Waals surface area contributed by atoms with Gasteiger partial charge in [-0.15, -0.1) is 0 Å². The number of halogens is 1. The molecule has 4 rings (SSSR count). The van der Waals surface area contributed by atoms with Crippen LogP contribution in [-0.2, 0) is 4.79 Å². The number of hydrogen-bond donors (Lipinski definition) is 1. The van der Waals surface area contributed by atoms with Crippen molar-refractivity contribution < 1.29 is 14.1 Å². The van der Waals surface area contributed by atoms with Crippen LogP contribution < -0.4 is 5.32 Å². The Bertz CT molecular complexity index is 1070. The third-order valence-corrected chi connectivity index (χ3v) is 4.28. The van der Waals surface area contributed by atoms with E-state index in [1.165, 1.54) is 12.1 Å². The van der Waals surface area contributed by atoms with Crippen LogP contribution in [0.4, 0.5) is 11.4 Å². The fourth-order valence-electron chi connectivity index (χ4n) is 2.79. The minimum Gasteiger partial charge on any atom is -0.457 e. The monoisotopic (exact) mass is 366 g/mol. The highest BCUT2D eigenvalue weighted by Crippen LogP contribution is 2.35. The van der Waals surface area contributed by atoms with E-state index >= 15 is 0 Å². The number of furan rings is 1. The Kier molecular flexibility index (Phi) is 3.82. The molecule has 0 spiro atoms. The molecule has 0 unspecified atom stereocenters. The molecule has 6 nitrogen and oxygen atoms in total. The summed E-state index contributed by atoms with van der Waals surface area (Å²) < 4.78 is 5.77. The first-order chi connectivity index (χ1) is 12.5. The first-order valence-electron chi connectivity index (χ1n) is 7.69. The number of benzene rings is 2. The highest BCUT2D eigenvalue weighted by molar-refractivity contribution is 6.36. The number of nitro groups is 1. The summed E-state index contributed by atoms with van der Waals surface area (Å²) in [6.45, 7) is 0. The second kappa shape index (κ2) is 6.16. The number of carbonyl (C=O) groups excluding carboxylic acids is 1. The molecule has 7 heteroatoms. The summed E-state index contributed by atoms with van der Waals surface area (Å²) >= 11 is 5.95. The van der Waals surface area contributed by atoms with Crippen molar-refractivity contribution in [3.05, 3.63) is 81.1 Å². The van der Waals surface area contributed by atoms with Crippen molar-refractivity contribution in [1.82, 2.24) is 0 Å². The molecular formula is C19H11ClN2O4. The highest BCUT2D eigenvalue weighted by Gasteiger charge is 2.24. The SMILES string of the molecule is O=C1Nc2cc(Cl)ccc2/C1=C\c1ccc(-c2ccc([N+](=O)[O-])cc2)o1. The molecule has 0 bridgehead atoms. The van der Waals surface area contributed by atoms with Gasteiger partial charge in [-0.05, 0) is 42.5 Å². The van der Waals surface area contributed by atoms with Crippen LogP contribution in [0.1, 0.15) is 11.3 Å². The van der Waals surface area contributed by atoms with Gasteiger partial charge in [-0.3, -0.25) is 14.9 Å². The molecular weight excluding hydrogens is 356 g/mol. The Balaban J connectivity index is 1.66. The number of fused-ring (bicyclic) bond motifs is 1. The quantitative estimate of drug-likeness (QED) is 0.401. The van der Waals surface area contributed by atoms with Crippen LogP contribution in [-0.4, -0.2) is 10.8 Å². The Labute approximate surface area is 152 Å². The lowest BCUT2D eigenvalue weighted by Gasteiger charge is -1.98. The van der Waals surface area contributed by atoms with Crippen LogP contribution in [0.2, 0.25) is 5.02 Å². The number of anilines is 1. The molecule has 1 aliphatic rings. The third-order valence-electron chi connectivity index (χ3n) is 4.04. The van der Waals surface area contributed by atoms with E-state index in [2.05, 4.69) is 5.32 Å². The van der Waals surface area contributed by atoms with Gasteiger partial charge in [0.05, 0.1) is 16.2 Å². The van der Waals surface area contributed by atoms with Crippen LogP contribution in [0, 0.1) is 10.1 Å². The lowest BCUT2D eigenvalue weighted by Crippen LogP contribution is -2.03. The number of hydrogen-bond acceptors (Lipinski definition) is 4. The van der Waals surface area contributed by atoms with Gasteiger partial charge in [-0.25, -0.2) is 0 Å². The highest BCUT2D eigenvalue weighted by atomic mass is 35.5. The first kappa shape index (κ1) is 16.1. The summed E-state index contributed by atoms with van der Waals surface area (Å²) in [6.07, 6.45) is 1.66. The zero-order valence-corrected chi connectivity index (χ0v) is 14.0. The maximum absolute atomic E-state index is 12.2. The van der Waals surface area contributed by atoms with Crippen molar-refractivity contribution in [1.29, 1.82) is 0 Å². The Morgan fingerprint density at radius 3 is 2.58 bits per heavy atom. The molecule has 0 fully saturated rings. The van der Waals surface area contributed by atoms with Crippen LogP contribution >= 0.6 is 11.6 Å². The molecule has 1 aliphatic heterocycles. The van der Waals surface area contributed by atoms with E-state index in [4.69, 9.17) is 16.0 Å². The van der Waals surface area contributed by atoms with Gasteiger partial charge >= 0.3 is 0 Å². The number of rotatable bonds is 3. The minimum absolute atomic E-state index is 0.0144. The number of nitrogens with one attached hydrogen (secondary N) is 1. The summed E-state index contributed by atoms with van der Waals surface area (Å²) in [5.41, 5.74) is 2.63. The lowest BCUT2D eigenvalue weighted by atomic mass is 10.1. The van der Waals surface area contributed by atoms with Gasteiger partial charge in [0.1, 0.15) is 11.5 Å². The van der Waals surface area contributed by atoms with Crippen molar-refractivity contribution in [3.63, 3.8) is 0 Å². The van der Waals surface area contributed by atoms with Gasteiger partial charge < -0.3 is 9.73 Å². The molecule has 1 amide bonds. The second-order valence-electron chi connectivity index (χ2n) is 5.71. The van der Waals surface area contributed by atoms with Crippen LogP contribution in [0.15, 0.2) is 59.0 Å². The second-order valence-corrected chi connectivity index (χ2v) is 6.14. The van der Waals surface area contributed by atoms with E-state index in [1.54, 1.807) is 48.5 Å². The molecule has 2 aromatic carbocycles. The number of nitrogens with zero attached hydrogens (tertiary/aromatic N) is 1. The normalized spacial score (nSPS) is 14.3. The maximum Gasteiger partial charge on any atom is 0.269 e. The molecule has 0 saturated heterocycles. The zero-order chi connectivity index (χ0) is 18.3. The van der Waals surface area contributed by atoms with Crippen LogP contribution in [0.5, 0.6) is 0 Å². The van der Waals surface area contributed by atoms with Crippen molar-refractivity contribution in [3.8, 4) is 11.3 Å². The number of carbonyl (C=O) groups is 1. The van der Waals surface area contributed by atoms with E-state index in [9.17, 15) is 14.9 Å². The molecule has 3 aromatic rings. The van der Waals surface area contributed by atoms with Crippen molar-refractivity contribution in [2.24, 2.45) is 0 Å². The maximum atomic E-state index is 12.2. The molecule has 0 aliphatic carbocycles. The zero-order valence-electron chi connectivity index (χ0n) is 13.2. The van der Waals surface area contributed by atoms with Crippen LogP contribution in [0.25, 0.3) is 23.0 Å². The summed E-state index contributed by atoms with van der Waals surface area (Å²) in [4.78, 5) is 22.5. The molecule has 0 radical (unpaired) electrons. The lowest BCUT2D eigenvalue weighted by molar-refractivity contribution is -0.384. The molecule has 1 N–H and O–H groups in total. The van der Waals surface area contributed by atoms with Gasteiger partial charge in [0.2, 0.25) is 0 Å². The van der Waals surface area contributed by atoms with Crippen LogP contribution in [0.3, 0.4) is 0 Å². The smallest absolute Gasteiger partial charge is 0.269 e. The van der Waals surface area contributed by atoms with Gasteiger partial charge in [0, 0.05) is 28.3 Å². The van der Waals surface area contributed by atoms with Crippen molar-refractivity contribution in [2.75, 3.05) is 5.32 Å². The van der Waals surface area contributed by atoms with Gasteiger partial charge in [-0.2, -0.15) is 0 Å². The fourth-order valence-corrected chi connectivity index (χ4v) is 2.96. The topological polar surface area (TPSA) is 85.4 Å². The largest absolute Gasteiger partial charge is 0.457 e. The Morgan fingerprint density at radius 1 is 1.08 bits per heavy atom. The van der Waals surface area contributed by atoms with E-state index in [0.717, 1.165) is 5.56 Å². The third kappa shape index (κ3) is 2.87. The molecule has 0 saturated carbocycles.